The molecular weight excluding hydrogens is 413 g/mol. The van der Waals surface area contributed by atoms with Crippen LogP contribution in [-0.4, -0.2) is 57.4 Å². The summed E-state index contributed by atoms with van der Waals surface area (Å²) in [5.74, 6) is -0.629. The normalized spacial score (nSPS) is 21.0. The van der Waals surface area contributed by atoms with Crippen molar-refractivity contribution in [3.63, 3.8) is 0 Å². The zero-order valence-electron chi connectivity index (χ0n) is 17.7. The molecule has 2 fully saturated rings. The fourth-order valence-electron chi connectivity index (χ4n) is 4.60. The number of piperidine rings is 1. The number of amides is 2. The number of aryl methyl sites for hydroxylation is 1. The van der Waals surface area contributed by atoms with Gasteiger partial charge in [-0.25, -0.2) is 4.98 Å². The zero-order chi connectivity index (χ0) is 22.5. The Kier molecular flexibility index (Phi) is 5.43. The van der Waals surface area contributed by atoms with Gasteiger partial charge in [0.05, 0.1) is 22.6 Å². The van der Waals surface area contributed by atoms with Gasteiger partial charge in [-0.05, 0) is 39.7 Å². The molecule has 0 unspecified atom stereocenters. The Balaban J connectivity index is 1.47. The second-order valence-corrected chi connectivity index (χ2v) is 8.68. The molecule has 2 aliphatic rings. The van der Waals surface area contributed by atoms with E-state index in [1.165, 1.54) is 6.92 Å². The summed E-state index contributed by atoms with van der Waals surface area (Å²) in [5.41, 5.74) is -0.435. The summed E-state index contributed by atoms with van der Waals surface area (Å²) in [7, 11) is 0. The minimum absolute atomic E-state index is 0.0113. The molecule has 2 aromatic heterocycles. The fraction of sp³-hybridized carbons (Fsp3) is 0.619. The van der Waals surface area contributed by atoms with Crippen molar-refractivity contribution in [3.05, 3.63) is 23.0 Å². The lowest BCUT2D eigenvalue weighted by atomic mass is 9.91. The first-order valence-electron chi connectivity index (χ1n) is 10.5. The lowest BCUT2D eigenvalue weighted by Gasteiger charge is -2.33. The molecule has 0 N–H and O–H groups in total. The summed E-state index contributed by atoms with van der Waals surface area (Å²) >= 11 is 0. The van der Waals surface area contributed by atoms with Crippen LogP contribution in [0.4, 0.5) is 13.2 Å². The Hall–Kier alpha value is -2.65. The maximum Gasteiger partial charge on any atom is 0.417 e. The fourth-order valence-corrected chi connectivity index (χ4v) is 4.60. The van der Waals surface area contributed by atoms with E-state index in [-0.39, 0.29) is 52.9 Å². The van der Waals surface area contributed by atoms with E-state index in [0.29, 0.717) is 38.2 Å². The van der Waals surface area contributed by atoms with Gasteiger partial charge in [0.25, 0.3) is 5.71 Å². The third kappa shape index (κ3) is 3.99. The van der Waals surface area contributed by atoms with E-state index in [0.717, 1.165) is 6.07 Å². The van der Waals surface area contributed by atoms with Crippen LogP contribution in [0.2, 0.25) is 0 Å². The van der Waals surface area contributed by atoms with Crippen LogP contribution in [0, 0.1) is 12.8 Å². The van der Waals surface area contributed by atoms with Gasteiger partial charge < -0.3 is 14.3 Å². The van der Waals surface area contributed by atoms with Crippen molar-refractivity contribution >= 4 is 22.9 Å². The second kappa shape index (κ2) is 7.80. The molecule has 2 aromatic rings. The second-order valence-electron chi connectivity index (χ2n) is 8.68. The van der Waals surface area contributed by atoms with E-state index in [4.69, 9.17) is 4.52 Å². The quantitative estimate of drug-likeness (QED) is 0.733. The summed E-state index contributed by atoms with van der Waals surface area (Å²) < 4.78 is 45.8. The number of alkyl halides is 3. The summed E-state index contributed by atoms with van der Waals surface area (Å²) in [4.78, 5) is 32.7. The molecule has 2 amide bonds. The van der Waals surface area contributed by atoms with Crippen molar-refractivity contribution in [2.75, 3.05) is 19.6 Å². The van der Waals surface area contributed by atoms with Gasteiger partial charge in [-0.1, -0.05) is 5.16 Å². The molecule has 4 rings (SSSR count). The van der Waals surface area contributed by atoms with Crippen LogP contribution in [0.1, 0.15) is 56.0 Å². The number of aromatic nitrogens is 2. The molecule has 0 saturated carbocycles. The van der Waals surface area contributed by atoms with Crippen molar-refractivity contribution in [2.45, 2.75) is 58.2 Å². The predicted molar refractivity (Wildman–Crippen MR) is 105 cm³/mol. The van der Waals surface area contributed by atoms with Crippen LogP contribution >= 0.6 is 0 Å². The molecule has 2 saturated heterocycles. The summed E-state index contributed by atoms with van der Waals surface area (Å²) in [6.45, 7) is 6.57. The standard InChI is InChI=1S/C21H25F3N4O3/c1-11(2)28-10-14(8-17(28)29)20(30)27-6-4-13(5-7-27)16-9-15(21(22,23)24)18-12(3)26-31-19(18)25-16/h9,11,13-14H,4-8,10H2,1-3H3/t14-/m1/s1. The van der Waals surface area contributed by atoms with Gasteiger partial charge in [0.2, 0.25) is 11.8 Å². The molecule has 0 radical (unpaired) electrons. The van der Waals surface area contributed by atoms with E-state index in [2.05, 4.69) is 10.1 Å². The highest BCUT2D eigenvalue weighted by Crippen LogP contribution is 2.39. The molecule has 10 heteroatoms. The molecule has 4 heterocycles. The minimum Gasteiger partial charge on any atom is -0.342 e. The number of nitrogens with zero attached hydrogens (tertiary/aromatic N) is 4. The third-order valence-electron chi connectivity index (χ3n) is 6.30. The Morgan fingerprint density at radius 2 is 1.94 bits per heavy atom. The number of hydrogen-bond donors (Lipinski definition) is 0. The van der Waals surface area contributed by atoms with E-state index in [9.17, 15) is 22.8 Å². The minimum atomic E-state index is -4.54. The van der Waals surface area contributed by atoms with Gasteiger partial charge >= 0.3 is 6.18 Å². The van der Waals surface area contributed by atoms with Gasteiger partial charge in [0.15, 0.2) is 0 Å². The van der Waals surface area contributed by atoms with Crippen molar-refractivity contribution in [1.82, 2.24) is 19.9 Å². The molecule has 0 aliphatic carbocycles. The summed E-state index contributed by atoms with van der Waals surface area (Å²) in [6.07, 6.45) is -3.32. The van der Waals surface area contributed by atoms with Gasteiger partial charge in [-0.15, -0.1) is 0 Å². The first-order valence-corrected chi connectivity index (χ1v) is 10.5. The lowest BCUT2D eigenvalue weighted by molar-refractivity contribution is -0.137. The monoisotopic (exact) mass is 438 g/mol. The predicted octanol–water partition coefficient (Wildman–Crippen LogP) is 3.51. The number of pyridine rings is 1. The lowest BCUT2D eigenvalue weighted by Crippen LogP contribution is -2.42. The van der Waals surface area contributed by atoms with Gasteiger partial charge in [-0.2, -0.15) is 13.2 Å². The first kappa shape index (κ1) is 21.6. The number of carbonyl (C=O) groups is 2. The van der Waals surface area contributed by atoms with Crippen molar-refractivity contribution < 1.29 is 27.3 Å². The van der Waals surface area contributed by atoms with Gasteiger partial charge in [0.1, 0.15) is 0 Å². The maximum atomic E-state index is 13.6. The SMILES string of the molecule is Cc1noc2nc(C3CCN(C(=O)[C@@H]4CC(=O)N(C(C)C)C4)CC3)cc(C(F)(F)F)c12. The molecule has 1 atom stereocenters. The molecule has 2 aliphatic heterocycles. The average molecular weight is 438 g/mol. The van der Waals surface area contributed by atoms with Gasteiger partial charge in [-0.3, -0.25) is 9.59 Å². The van der Waals surface area contributed by atoms with Crippen molar-refractivity contribution in [3.8, 4) is 0 Å². The largest absolute Gasteiger partial charge is 0.417 e. The highest BCUT2D eigenvalue weighted by molar-refractivity contribution is 5.89. The Morgan fingerprint density at radius 1 is 1.26 bits per heavy atom. The highest BCUT2D eigenvalue weighted by atomic mass is 19.4. The molecular formula is C21H25F3N4O3. The Bertz CT molecular complexity index is 1010. The van der Waals surface area contributed by atoms with Gasteiger partial charge in [0, 0.05) is 43.7 Å². The van der Waals surface area contributed by atoms with Crippen molar-refractivity contribution in [2.24, 2.45) is 5.92 Å². The maximum absolute atomic E-state index is 13.6. The van der Waals surface area contributed by atoms with Crippen LogP contribution in [0.3, 0.4) is 0 Å². The smallest absolute Gasteiger partial charge is 0.342 e. The molecule has 31 heavy (non-hydrogen) atoms. The molecule has 0 aromatic carbocycles. The first-order chi connectivity index (χ1) is 14.6. The molecule has 168 valence electrons. The highest BCUT2D eigenvalue weighted by Gasteiger charge is 2.39. The van der Waals surface area contributed by atoms with E-state index in [1.54, 1.807) is 9.80 Å². The number of hydrogen-bond acceptors (Lipinski definition) is 5. The van der Waals surface area contributed by atoms with Crippen LogP contribution in [-0.2, 0) is 15.8 Å². The van der Waals surface area contributed by atoms with Crippen LogP contribution < -0.4 is 0 Å². The number of fused-ring (bicyclic) bond motifs is 1. The zero-order valence-corrected chi connectivity index (χ0v) is 17.7. The number of halogens is 3. The van der Waals surface area contributed by atoms with E-state index < -0.39 is 11.7 Å². The number of likely N-dealkylation sites (tertiary alicyclic amines) is 2. The Morgan fingerprint density at radius 3 is 2.52 bits per heavy atom. The molecule has 7 nitrogen and oxygen atoms in total. The average Bonchev–Trinajstić information content (AvgIpc) is 3.29. The van der Waals surface area contributed by atoms with E-state index >= 15 is 0 Å². The number of carbonyl (C=O) groups excluding carboxylic acids is 2. The summed E-state index contributed by atoms with van der Waals surface area (Å²) in [6, 6.07) is 1.14. The molecule has 0 spiro atoms. The third-order valence-corrected chi connectivity index (χ3v) is 6.30. The molecule has 0 bridgehead atoms. The Labute approximate surface area is 177 Å². The van der Waals surface area contributed by atoms with Crippen LogP contribution in [0.15, 0.2) is 10.6 Å². The summed E-state index contributed by atoms with van der Waals surface area (Å²) in [5, 5.41) is 3.53. The van der Waals surface area contributed by atoms with Crippen molar-refractivity contribution in [1.29, 1.82) is 0 Å². The number of rotatable bonds is 3. The van der Waals surface area contributed by atoms with Crippen LogP contribution in [0.5, 0.6) is 0 Å². The topological polar surface area (TPSA) is 79.5 Å². The van der Waals surface area contributed by atoms with E-state index in [1.807, 2.05) is 13.8 Å². The van der Waals surface area contributed by atoms with Crippen LogP contribution in [0.25, 0.3) is 11.1 Å².